The highest BCUT2D eigenvalue weighted by atomic mass is 16.5. The molecule has 0 aromatic carbocycles. The molecule has 4 unspecified atom stereocenters. The van der Waals surface area contributed by atoms with Crippen LogP contribution in [-0.4, -0.2) is 48.5 Å². The fourth-order valence-corrected chi connectivity index (χ4v) is 3.10. The summed E-state index contributed by atoms with van der Waals surface area (Å²) in [6.07, 6.45) is -1.40. The predicted molar refractivity (Wildman–Crippen MR) is 66.8 cm³/mol. The SMILES string of the molecule is Nc1nc2c(nc3n2C2OC(CO)C(O)C2C3)c(=O)[nH]1. The Bertz CT molecular complexity index is 753. The number of nitrogen functional groups attached to an aromatic ring is 1. The summed E-state index contributed by atoms with van der Waals surface area (Å²) in [4.78, 5) is 22.5. The summed E-state index contributed by atoms with van der Waals surface area (Å²) < 4.78 is 7.33. The Hall–Kier alpha value is -1.97. The molecule has 9 nitrogen and oxygen atoms in total. The monoisotopic (exact) mass is 279 g/mol. The van der Waals surface area contributed by atoms with Crippen LogP contribution in [0, 0.1) is 5.92 Å². The molecule has 2 aromatic heterocycles. The van der Waals surface area contributed by atoms with Gasteiger partial charge in [0.15, 0.2) is 11.2 Å². The molecule has 5 N–H and O–H groups in total. The van der Waals surface area contributed by atoms with Crippen LogP contribution in [0.1, 0.15) is 12.1 Å². The zero-order valence-corrected chi connectivity index (χ0v) is 10.4. The first-order valence-corrected chi connectivity index (χ1v) is 6.31. The standard InChI is InChI=1S/C11H13N5O4/c12-11-14-8-6(9(19)15-11)13-5-1-3-7(18)4(2-17)20-10(3)16(5)8/h3-4,7,10,17-18H,1-2H2,(H3,12,14,15,19). The van der Waals surface area contributed by atoms with E-state index >= 15 is 0 Å². The fourth-order valence-electron chi connectivity index (χ4n) is 3.10. The minimum Gasteiger partial charge on any atom is -0.394 e. The lowest BCUT2D eigenvalue weighted by molar-refractivity contribution is -0.0430. The summed E-state index contributed by atoms with van der Waals surface area (Å²) in [5.74, 6) is 0.446. The number of aromatic nitrogens is 4. The van der Waals surface area contributed by atoms with E-state index in [-0.39, 0.29) is 24.0 Å². The van der Waals surface area contributed by atoms with Crippen molar-refractivity contribution in [3.8, 4) is 0 Å². The molecular weight excluding hydrogens is 266 g/mol. The van der Waals surface area contributed by atoms with Crippen LogP contribution in [0.5, 0.6) is 0 Å². The van der Waals surface area contributed by atoms with Gasteiger partial charge in [0.1, 0.15) is 18.2 Å². The van der Waals surface area contributed by atoms with Gasteiger partial charge in [0.2, 0.25) is 5.95 Å². The first-order valence-electron chi connectivity index (χ1n) is 6.31. The molecule has 4 rings (SSSR count). The van der Waals surface area contributed by atoms with Gasteiger partial charge in [-0.25, -0.2) is 4.98 Å². The minimum absolute atomic E-state index is 0.00547. The number of rotatable bonds is 1. The van der Waals surface area contributed by atoms with Crippen LogP contribution >= 0.6 is 0 Å². The van der Waals surface area contributed by atoms with Gasteiger partial charge in [-0.2, -0.15) is 4.98 Å². The van der Waals surface area contributed by atoms with E-state index in [4.69, 9.17) is 10.5 Å². The van der Waals surface area contributed by atoms with E-state index in [1.165, 1.54) is 0 Å². The third-order valence-electron chi connectivity index (χ3n) is 3.99. The highest BCUT2D eigenvalue weighted by Gasteiger charge is 2.50. The summed E-state index contributed by atoms with van der Waals surface area (Å²) in [5, 5.41) is 19.3. The summed E-state index contributed by atoms with van der Waals surface area (Å²) in [6, 6.07) is 0. The van der Waals surface area contributed by atoms with Crippen LogP contribution in [0.15, 0.2) is 4.79 Å². The summed E-state index contributed by atoms with van der Waals surface area (Å²) in [6.45, 7) is -0.258. The van der Waals surface area contributed by atoms with Gasteiger partial charge in [-0.3, -0.25) is 14.3 Å². The number of ether oxygens (including phenoxy) is 1. The smallest absolute Gasteiger partial charge is 0.280 e. The number of anilines is 1. The average molecular weight is 279 g/mol. The van der Waals surface area contributed by atoms with Crippen molar-refractivity contribution in [1.29, 1.82) is 0 Å². The van der Waals surface area contributed by atoms with Gasteiger partial charge in [-0.1, -0.05) is 0 Å². The van der Waals surface area contributed by atoms with E-state index in [9.17, 15) is 15.0 Å². The molecule has 1 saturated heterocycles. The minimum atomic E-state index is -0.763. The van der Waals surface area contributed by atoms with Crippen LogP contribution in [0.4, 0.5) is 5.95 Å². The Morgan fingerprint density at radius 1 is 1.50 bits per heavy atom. The van der Waals surface area contributed by atoms with Crippen LogP contribution in [0.25, 0.3) is 11.2 Å². The van der Waals surface area contributed by atoms with Crippen molar-refractivity contribution in [2.24, 2.45) is 5.92 Å². The van der Waals surface area contributed by atoms with Crippen LogP contribution in [0.3, 0.4) is 0 Å². The molecule has 9 heteroatoms. The predicted octanol–water partition coefficient (Wildman–Crippen LogP) is -1.88. The third-order valence-corrected chi connectivity index (χ3v) is 3.99. The van der Waals surface area contributed by atoms with Crippen molar-refractivity contribution in [2.75, 3.05) is 12.3 Å². The number of aliphatic hydroxyl groups excluding tert-OH is 2. The summed E-state index contributed by atoms with van der Waals surface area (Å²) in [7, 11) is 0. The van der Waals surface area contributed by atoms with E-state index < -0.39 is 24.0 Å². The maximum absolute atomic E-state index is 11.8. The average Bonchev–Trinajstić information content (AvgIpc) is 3.00. The maximum Gasteiger partial charge on any atom is 0.280 e. The molecule has 4 atom stereocenters. The molecule has 0 radical (unpaired) electrons. The lowest BCUT2D eigenvalue weighted by Gasteiger charge is -2.13. The molecule has 20 heavy (non-hydrogen) atoms. The molecule has 0 bridgehead atoms. The highest BCUT2D eigenvalue weighted by molar-refractivity contribution is 5.72. The molecule has 2 aromatic rings. The molecule has 0 spiro atoms. The van der Waals surface area contributed by atoms with Gasteiger partial charge < -0.3 is 20.7 Å². The van der Waals surface area contributed by atoms with Crippen molar-refractivity contribution in [3.63, 3.8) is 0 Å². The second kappa shape index (κ2) is 3.78. The molecule has 106 valence electrons. The van der Waals surface area contributed by atoms with Gasteiger partial charge in [0, 0.05) is 12.3 Å². The lowest BCUT2D eigenvalue weighted by atomic mass is 9.99. The lowest BCUT2D eigenvalue weighted by Crippen LogP contribution is -2.29. The number of aliphatic hydroxyl groups is 2. The van der Waals surface area contributed by atoms with Crippen molar-refractivity contribution >= 4 is 17.1 Å². The number of nitrogens with two attached hydrogens (primary N) is 1. The van der Waals surface area contributed by atoms with Gasteiger partial charge in [0.05, 0.1) is 12.7 Å². The zero-order chi connectivity index (χ0) is 14.0. The Morgan fingerprint density at radius 3 is 3.05 bits per heavy atom. The summed E-state index contributed by atoms with van der Waals surface area (Å²) in [5.41, 5.74) is 5.71. The van der Waals surface area contributed by atoms with E-state index in [0.717, 1.165) is 0 Å². The topological polar surface area (TPSA) is 139 Å². The quantitative estimate of drug-likeness (QED) is 0.479. The molecule has 0 saturated carbocycles. The molecule has 0 aliphatic carbocycles. The van der Waals surface area contributed by atoms with E-state index in [2.05, 4.69) is 15.0 Å². The van der Waals surface area contributed by atoms with Crippen molar-refractivity contribution < 1.29 is 14.9 Å². The molecule has 4 heterocycles. The normalized spacial score (nSPS) is 31.7. The van der Waals surface area contributed by atoms with Gasteiger partial charge in [-0.05, 0) is 0 Å². The third kappa shape index (κ3) is 1.34. The van der Waals surface area contributed by atoms with Gasteiger partial charge >= 0.3 is 0 Å². The van der Waals surface area contributed by atoms with Crippen molar-refractivity contribution in [3.05, 3.63) is 16.2 Å². The molecular formula is C11H13N5O4. The van der Waals surface area contributed by atoms with Crippen LogP contribution in [-0.2, 0) is 11.2 Å². The van der Waals surface area contributed by atoms with Crippen LogP contribution < -0.4 is 11.3 Å². The Kier molecular flexibility index (Phi) is 2.23. The van der Waals surface area contributed by atoms with Crippen molar-refractivity contribution in [1.82, 2.24) is 19.5 Å². The fraction of sp³-hybridized carbons (Fsp3) is 0.545. The maximum atomic E-state index is 11.8. The number of hydrogen-bond acceptors (Lipinski definition) is 7. The second-order valence-corrected chi connectivity index (χ2v) is 5.13. The van der Waals surface area contributed by atoms with E-state index in [0.29, 0.717) is 17.9 Å². The van der Waals surface area contributed by atoms with E-state index in [1.807, 2.05) is 0 Å². The largest absolute Gasteiger partial charge is 0.394 e. The number of aromatic amines is 1. The van der Waals surface area contributed by atoms with Crippen molar-refractivity contribution in [2.45, 2.75) is 24.9 Å². The number of imidazole rings is 1. The number of fused-ring (bicyclic) bond motifs is 5. The first kappa shape index (κ1) is 11.8. The van der Waals surface area contributed by atoms with Gasteiger partial charge in [-0.15, -0.1) is 0 Å². The second-order valence-electron chi connectivity index (χ2n) is 5.13. The molecule has 0 amide bonds. The molecule has 1 fully saturated rings. The van der Waals surface area contributed by atoms with Crippen LogP contribution in [0.2, 0.25) is 0 Å². The zero-order valence-electron chi connectivity index (χ0n) is 10.4. The Balaban J connectivity index is 1.90. The Labute approximate surface area is 112 Å². The number of H-pyrrole nitrogens is 1. The summed E-state index contributed by atoms with van der Waals surface area (Å²) >= 11 is 0. The highest BCUT2D eigenvalue weighted by Crippen LogP contribution is 2.43. The number of hydrogen-bond donors (Lipinski definition) is 4. The molecule has 2 aliphatic heterocycles. The van der Waals surface area contributed by atoms with E-state index in [1.54, 1.807) is 4.57 Å². The number of nitrogens with one attached hydrogen (secondary N) is 1. The molecule has 2 aliphatic rings. The van der Waals surface area contributed by atoms with Gasteiger partial charge in [0.25, 0.3) is 5.56 Å². The first-order chi connectivity index (χ1) is 9.60. The number of nitrogens with zero attached hydrogens (tertiary/aromatic N) is 3. The Morgan fingerprint density at radius 2 is 2.30 bits per heavy atom.